The van der Waals surface area contributed by atoms with Crippen LogP contribution < -0.4 is 5.43 Å². The van der Waals surface area contributed by atoms with Gasteiger partial charge in [-0.15, -0.1) is 0 Å². The van der Waals surface area contributed by atoms with Gasteiger partial charge in [-0.25, -0.2) is 10.2 Å². The van der Waals surface area contributed by atoms with Crippen molar-refractivity contribution in [3.63, 3.8) is 0 Å². The second-order valence-electron chi connectivity index (χ2n) is 5.77. The number of hydrogen-bond donors (Lipinski definition) is 2. The monoisotopic (exact) mass is 382 g/mol. The third-order valence-corrected chi connectivity index (χ3v) is 4.11. The van der Waals surface area contributed by atoms with Crippen LogP contribution in [0.5, 0.6) is 0 Å². The molecule has 1 heterocycles. The largest absolute Gasteiger partial charge is 0.478 e. The molecule has 27 heavy (non-hydrogen) atoms. The van der Waals surface area contributed by atoms with E-state index < -0.39 is 5.97 Å². The summed E-state index contributed by atoms with van der Waals surface area (Å²) in [5.41, 5.74) is 4.53. The second kappa shape index (κ2) is 7.88. The minimum absolute atomic E-state index is 0.103. The van der Waals surface area contributed by atoms with E-state index in [2.05, 4.69) is 10.5 Å². The van der Waals surface area contributed by atoms with Gasteiger partial charge in [-0.3, -0.25) is 4.79 Å². The lowest BCUT2D eigenvalue weighted by Crippen LogP contribution is -2.17. The molecule has 2 aromatic carbocycles. The Hall–Kier alpha value is -3.38. The SMILES string of the molecule is Cc1ccc(C(=O)NN=Cc2ccc(-c3cc(C(=O)O)ccc3Cl)o2)cc1. The van der Waals surface area contributed by atoms with Crippen molar-refractivity contribution in [1.82, 2.24) is 5.43 Å². The van der Waals surface area contributed by atoms with E-state index in [4.69, 9.17) is 21.1 Å². The lowest BCUT2D eigenvalue weighted by atomic mass is 10.1. The first-order chi connectivity index (χ1) is 12.9. The van der Waals surface area contributed by atoms with E-state index in [-0.39, 0.29) is 11.5 Å². The number of halogens is 1. The fraction of sp³-hybridized carbons (Fsp3) is 0.0500. The van der Waals surface area contributed by atoms with Gasteiger partial charge in [-0.1, -0.05) is 29.3 Å². The molecule has 0 aliphatic carbocycles. The zero-order valence-corrected chi connectivity index (χ0v) is 15.0. The molecule has 0 bridgehead atoms. The maximum absolute atomic E-state index is 12.0. The Balaban J connectivity index is 1.72. The maximum atomic E-state index is 12.0. The van der Waals surface area contributed by atoms with Crippen LogP contribution in [0.25, 0.3) is 11.3 Å². The molecule has 0 radical (unpaired) electrons. The summed E-state index contributed by atoms with van der Waals surface area (Å²) in [6.07, 6.45) is 1.35. The number of nitrogens with zero attached hydrogens (tertiary/aromatic N) is 1. The van der Waals surface area contributed by atoms with Crippen molar-refractivity contribution >= 4 is 29.7 Å². The minimum Gasteiger partial charge on any atom is -0.478 e. The molecule has 0 aliphatic heterocycles. The van der Waals surface area contributed by atoms with E-state index in [1.165, 1.54) is 24.4 Å². The highest BCUT2D eigenvalue weighted by Crippen LogP contribution is 2.30. The number of carboxylic acid groups (broad SMARTS) is 1. The summed E-state index contributed by atoms with van der Waals surface area (Å²) in [4.78, 5) is 23.1. The fourth-order valence-corrected chi connectivity index (χ4v) is 2.55. The Morgan fingerprint density at radius 3 is 2.48 bits per heavy atom. The molecule has 0 aliphatic rings. The molecular weight excluding hydrogens is 368 g/mol. The van der Waals surface area contributed by atoms with Crippen LogP contribution in [0.4, 0.5) is 0 Å². The number of furan rings is 1. The van der Waals surface area contributed by atoms with Crippen molar-refractivity contribution in [2.45, 2.75) is 6.92 Å². The number of carbonyl (C=O) groups excluding carboxylic acids is 1. The summed E-state index contributed by atoms with van der Waals surface area (Å²) >= 11 is 6.13. The summed E-state index contributed by atoms with van der Waals surface area (Å²) in [7, 11) is 0. The molecule has 1 amide bonds. The van der Waals surface area contributed by atoms with E-state index in [1.54, 1.807) is 24.3 Å². The van der Waals surface area contributed by atoms with Crippen molar-refractivity contribution < 1.29 is 19.1 Å². The lowest BCUT2D eigenvalue weighted by molar-refractivity contribution is 0.0696. The van der Waals surface area contributed by atoms with E-state index >= 15 is 0 Å². The third kappa shape index (κ3) is 4.43. The summed E-state index contributed by atoms with van der Waals surface area (Å²) in [6, 6.07) is 14.7. The van der Waals surface area contributed by atoms with Crippen molar-refractivity contribution in [2.24, 2.45) is 5.10 Å². The number of aryl methyl sites for hydroxylation is 1. The molecule has 0 spiro atoms. The van der Waals surface area contributed by atoms with Gasteiger partial charge in [0, 0.05) is 11.1 Å². The molecule has 6 nitrogen and oxygen atoms in total. The Bertz CT molecular complexity index is 1020. The van der Waals surface area contributed by atoms with Crippen molar-refractivity contribution in [3.05, 3.63) is 82.1 Å². The van der Waals surface area contributed by atoms with Gasteiger partial charge < -0.3 is 9.52 Å². The van der Waals surface area contributed by atoms with Crippen LogP contribution in [-0.4, -0.2) is 23.2 Å². The number of aromatic carboxylic acids is 1. The van der Waals surface area contributed by atoms with Gasteiger partial charge in [0.05, 0.1) is 16.8 Å². The zero-order chi connectivity index (χ0) is 19.4. The normalized spacial score (nSPS) is 10.9. The van der Waals surface area contributed by atoms with Gasteiger partial charge in [-0.2, -0.15) is 5.10 Å². The highest BCUT2D eigenvalue weighted by molar-refractivity contribution is 6.33. The standard InChI is InChI=1S/C20H15ClN2O4/c1-12-2-4-13(5-3-12)19(24)23-22-11-15-7-9-18(27-15)16-10-14(20(25)26)6-8-17(16)21/h2-11H,1H3,(H,23,24)(H,25,26). The third-order valence-electron chi connectivity index (χ3n) is 3.78. The first-order valence-corrected chi connectivity index (χ1v) is 8.35. The molecule has 3 aromatic rings. The summed E-state index contributed by atoms with van der Waals surface area (Å²) < 4.78 is 5.61. The molecule has 0 saturated carbocycles. The number of rotatable bonds is 5. The van der Waals surface area contributed by atoms with Crippen LogP contribution in [0.2, 0.25) is 5.02 Å². The van der Waals surface area contributed by atoms with E-state index in [0.717, 1.165) is 5.56 Å². The highest BCUT2D eigenvalue weighted by atomic mass is 35.5. The zero-order valence-electron chi connectivity index (χ0n) is 14.3. The quantitative estimate of drug-likeness (QED) is 0.506. The van der Waals surface area contributed by atoms with Gasteiger partial charge in [0.2, 0.25) is 0 Å². The molecule has 7 heteroatoms. The smallest absolute Gasteiger partial charge is 0.335 e. The van der Waals surface area contributed by atoms with Gasteiger partial charge >= 0.3 is 5.97 Å². The van der Waals surface area contributed by atoms with Crippen molar-refractivity contribution in [2.75, 3.05) is 0 Å². The van der Waals surface area contributed by atoms with E-state index in [9.17, 15) is 9.59 Å². The summed E-state index contributed by atoms with van der Waals surface area (Å²) in [5.74, 6) is -0.615. The molecule has 0 saturated heterocycles. The molecule has 0 unspecified atom stereocenters. The number of benzene rings is 2. The summed E-state index contributed by atoms with van der Waals surface area (Å²) in [6.45, 7) is 1.94. The van der Waals surface area contributed by atoms with Crippen LogP contribution in [-0.2, 0) is 0 Å². The van der Waals surface area contributed by atoms with E-state index in [0.29, 0.717) is 27.7 Å². The highest BCUT2D eigenvalue weighted by Gasteiger charge is 2.12. The first kappa shape index (κ1) is 18.4. The van der Waals surface area contributed by atoms with Crippen molar-refractivity contribution in [3.8, 4) is 11.3 Å². The Labute approximate surface area is 160 Å². The van der Waals surface area contributed by atoms with Crippen LogP contribution in [0.1, 0.15) is 32.0 Å². The number of amides is 1. The molecular formula is C20H15ClN2O4. The maximum Gasteiger partial charge on any atom is 0.335 e. The first-order valence-electron chi connectivity index (χ1n) is 7.97. The molecule has 0 fully saturated rings. The number of carbonyl (C=O) groups is 2. The van der Waals surface area contributed by atoms with E-state index in [1.807, 2.05) is 19.1 Å². The topological polar surface area (TPSA) is 91.9 Å². The van der Waals surface area contributed by atoms with Gasteiger partial charge in [0.25, 0.3) is 5.91 Å². The number of carboxylic acids is 1. The second-order valence-corrected chi connectivity index (χ2v) is 6.17. The van der Waals surface area contributed by atoms with Crippen LogP contribution in [0.3, 0.4) is 0 Å². The van der Waals surface area contributed by atoms with Gasteiger partial charge in [0.1, 0.15) is 11.5 Å². The molecule has 136 valence electrons. The number of hydrogen-bond acceptors (Lipinski definition) is 4. The van der Waals surface area contributed by atoms with Gasteiger partial charge in [-0.05, 0) is 49.4 Å². The van der Waals surface area contributed by atoms with Crippen LogP contribution >= 0.6 is 11.6 Å². The molecule has 0 atom stereocenters. The molecule has 1 aromatic heterocycles. The lowest BCUT2D eigenvalue weighted by Gasteiger charge is -2.02. The summed E-state index contributed by atoms with van der Waals surface area (Å²) in [5, 5.41) is 13.3. The minimum atomic E-state index is -1.06. The Morgan fingerprint density at radius 1 is 1.07 bits per heavy atom. The number of nitrogens with one attached hydrogen (secondary N) is 1. The molecule has 2 N–H and O–H groups in total. The van der Waals surface area contributed by atoms with Crippen LogP contribution in [0.15, 0.2) is 64.1 Å². The average Bonchev–Trinajstić information content (AvgIpc) is 3.11. The van der Waals surface area contributed by atoms with Gasteiger partial charge in [0.15, 0.2) is 0 Å². The fourth-order valence-electron chi connectivity index (χ4n) is 2.34. The number of hydrazone groups is 1. The van der Waals surface area contributed by atoms with Crippen LogP contribution in [0, 0.1) is 6.92 Å². The van der Waals surface area contributed by atoms with Crippen molar-refractivity contribution in [1.29, 1.82) is 0 Å². The Kier molecular flexibility index (Phi) is 5.38. The predicted molar refractivity (Wildman–Crippen MR) is 102 cm³/mol. The molecule has 3 rings (SSSR count). The average molecular weight is 383 g/mol. The Morgan fingerprint density at radius 2 is 1.78 bits per heavy atom. The predicted octanol–water partition coefficient (Wildman–Crippen LogP) is 4.37.